The van der Waals surface area contributed by atoms with Gasteiger partial charge in [0.25, 0.3) is 0 Å². The first-order valence-electron chi connectivity index (χ1n) is 9.35. The first-order chi connectivity index (χ1) is 13.7. The summed E-state index contributed by atoms with van der Waals surface area (Å²) in [5, 5.41) is 9.95. The van der Waals surface area contributed by atoms with E-state index in [9.17, 15) is 9.90 Å². The molecule has 1 N–H and O–H groups in total. The maximum Gasteiger partial charge on any atom is 0.325 e. The number of nitrogens with zero attached hydrogens (tertiary/aromatic N) is 4. The number of carbonyl (C=O) groups is 1. The average Bonchev–Trinajstić information content (AvgIpc) is 2.76. The van der Waals surface area contributed by atoms with Crippen molar-refractivity contribution in [3.05, 3.63) is 78.8 Å². The molecule has 0 amide bonds. The van der Waals surface area contributed by atoms with Crippen molar-refractivity contribution in [2.24, 2.45) is 0 Å². The van der Waals surface area contributed by atoms with Gasteiger partial charge in [0.2, 0.25) is 0 Å². The van der Waals surface area contributed by atoms with E-state index in [0.29, 0.717) is 13.1 Å². The van der Waals surface area contributed by atoms with Crippen LogP contribution in [0.5, 0.6) is 0 Å². The minimum atomic E-state index is -0.821. The van der Waals surface area contributed by atoms with Crippen molar-refractivity contribution in [3.8, 4) is 11.1 Å². The van der Waals surface area contributed by atoms with Crippen molar-refractivity contribution >= 4 is 11.8 Å². The molecular formula is C22H22N4O2. The summed E-state index contributed by atoms with van der Waals surface area (Å²) in [6.07, 6.45) is 5.07. The molecule has 1 aliphatic heterocycles. The summed E-state index contributed by atoms with van der Waals surface area (Å²) in [4.78, 5) is 24.7. The Morgan fingerprint density at radius 3 is 2.36 bits per heavy atom. The van der Waals surface area contributed by atoms with Gasteiger partial charge in [-0.2, -0.15) is 0 Å². The fraction of sp³-hybridized carbons (Fsp3) is 0.227. The van der Waals surface area contributed by atoms with Gasteiger partial charge in [0.05, 0.1) is 6.20 Å². The molecule has 0 radical (unpaired) electrons. The summed E-state index contributed by atoms with van der Waals surface area (Å²) in [6.45, 7) is 2.76. The lowest BCUT2D eigenvalue weighted by Crippen LogP contribution is -2.49. The lowest BCUT2D eigenvalue weighted by atomic mass is 9.98. The van der Waals surface area contributed by atoms with E-state index in [-0.39, 0.29) is 0 Å². The highest BCUT2D eigenvalue weighted by molar-refractivity contribution is 5.77. The molecule has 1 fully saturated rings. The molecule has 1 unspecified atom stereocenters. The van der Waals surface area contributed by atoms with E-state index in [2.05, 4.69) is 14.9 Å². The summed E-state index contributed by atoms with van der Waals surface area (Å²) >= 11 is 0. The van der Waals surface area contributed by atoms with Crippen LogP contribution < -0.4 is 4.90 Å². The minimum absolute atomic E-state index is 0.656. The zero-order valence-corrected chi connectivity index (χ0v) is 15.5. The molecule has 1 aromatic heterocycles. The normalized spacial score (nSPS) is 15.9. The molecule has 3 aromatic rings. The Morgan fingerprint density at radius 2 is 1.68 bits per heavy atom. The molecule has 1 atom stereocenters. The van der Waals surface area contributed by atoms with Gasteiger partial charge in [0.15, 0.2) is 0 Å². The predicted molar refractivity (Wildman–Crippen MR) is 108 cm³/mol. The second kappa shape index (κ2) is 8.19. The second-order valence-electron chi connectivity index (χ2n) is 6.82. The fourth-order valence-corrected chi connectivity index (χ4v) is 3.69. The highest BCUT2D eigenvalue weighted by Crippen LogP contribution is 2.28. The van der Waals surface area contributed by atoms with Crippen molar-refractivity contribution < 1.29 is 9.90 Å². The monoisotopic (exact) mass is 374 g/mol. The first-order valence-corrected chi connectivity index (χ1v) is 9.35. The standard InChI is InChI=1S/C22H22N4O2/c27-22(28)21(19-8-4-7-18(15-19)17-5-2-1-3-6-17)26-13-11-25(12-14-26)20-16-23-9-10-24-20/h1-10,15-16,21H,11-14H2,(H,27,28). The van der Waals surface area contributed by atoms with Gasteiger partial charge >= 0.3 is 5.97 Å². The number of hydrogen-bond donors (Lipinski definition) is 1. The largest absolute Gasteiger partial charge is 0.480 e. The van der Waals surface area contributed by atoms with Crippen LogP contribution in [0, 0.1) is 0 Å². The Morgan fingerprint density at radius 1 is 0.929 bits per heavy atom. The third-order valence-corrected chi connectivity index (χ3v) is 5.10. The van der Waals surface area contributed by atoms with E-state index < -0.39 is 12.0 Å². The third-order valence-electron chi connectivity index (χ3n) is 5.10. The molecule has 1 saturated heterocycles. The Balaban J connectivity index is 1.53. The van der Waals surface area contributed by atoms with Gasteiger partial charge in [0.1, 0.15) is 11.9 Å². The Hall–Kier alpha value is -3.25. The van der Waals surface area contributed by atoms with E-state index in [1.807, 2.05) is 59.5 Å². The Labute approximate surface area is 164 Å². The molecule has 2 heterocycles. The quantitative estimate of drug-likeness (QED) is 0.740. The van der Waals surface area contributed by atoms with E-state index in [1.54, 1.807) is 18.6 Å². The number of hydrogen-bond acceptors (Lipinski definition) is 5. The minimum Gasteiger partial charge on any atom is -0.480 e. The first kappa shape index (κ1) is 18.1. The molecule has 6 heteroatoms. The number of carboxylic acids is 1. The number of anilines is 1. The topological polar surface area (TPSA) is 69.6 Å². The number of carboxylic acid groups (broad SMARTS) is 1. The molecule has 4 rings (SSSR count). The summed E-state index contributed by atoms with van der Waals surface area (Å²) in [6, 6.07) is 17.2. The van der Waals surface area contributed by atoms with Gasteiger partial charge in [-0.3, -0.25) is 14.7 Å². The van der Waals surface area contributed by atoms with Crippen LogP contribution in [0.25, 0.3) is 11.1 Å². The van der Waals surface area contributed by atoms with Gasteiger partial charge in [-0.15, -0.1) is 0 Å². The highest BCUT2D eigenvalue weighted by Gasteiger charge is 2.30. The molecule has 1 aliphatic rings. The molecule has 6 nitrogen and oxygen atoms in total. The maximum atomic E-state index is 12.1. The van der Waals surface area contributed by atoms with Crippen molar-refractivity contribution in [1.29, 1.82) is 0 Å². The summed E-state index contributed by atoms with van der Waals surface area (Å²) in [7, 11) is 0. The van der Waals surface area contributed by atoms with Crippen molar-refractivity contribution in [3.63, 3.8) is 0 Å². The lowest BCUT2D eigenvalue weighted by Gasteiger charge is -2.38. The molecular weight excluding hydrogens is 352 g/mol. The highest BCUT2D eigenvalue weighted by atomic mass is 16.4. The predicted octanol–water partition coefficient (Wildman–Crippen LogP) is 3.09. The van der Waals surface area contributed by atoms with Crippen LogP contribution in [0.3, 0.4) is 0 Å². The van der Waals surface area contributed by atoms with Gasteiger partial charge in [0, 0.05) is 38.6 Å². The average molecular weight is 374 g/mol. The summed E-state index contributed by atoms with van der Waals surface area (Å²) < 4.78 is 0. The Kier molecular flexibility index (Phi) is 5.30. The number of benzene rings is 2. The zero-order valence-electron chi connectivity index (χ0n) is 15.5. The number of aliphatic carboxylic acids is 1. The molecule has 2 aromatic carbocycles. The third kappa shape index (κ3) is 3.87. The fourth-order valence-electron chi connectivity index (χ4n) is 3.69. The van der Waals surface area contributed by atoms with Gasteiger partial charge in [-0.1, -0.05) is 48.5 Å². The molecule has 0 aliphatic carbocycles. The summed E-state index contributed by atoms with van der Waals surface area (Å²) in [5.74, 6) is 0.0123. The van der Waals surface area contributed by atoms with Crippen LogP contribution >= 0.6 is 0 Å². The molecule has 28 heavy (non-hydrogen) atoms. The number of aromatic nitrogens is 2. The molecule has 142 valence electrons. The lowest BCUT2D eigenvalue weighted by molar-refractivity contribution is -0.143. The number of rotatable bonds is 5. The van der Waals surface area contributed by atoms with E-state index in [1.165, 1.54) is 0 Å². The molecule has 0 bridgehead atoms. The number of piperazine rings is 1. The zero-order chi connectivity index (χ0) is 19.3. The maximum absolute atomic E-state index is 12.1. The van der Waals surface area contributed by atoms with Crippen LogP contribution in [-0.2, 0) is 4.79 Å². The van der Waals surface area contributed by atoms with Crippen LogP contribution in [0.4, 0.5) is 5.82 Å². The van der Waals surface area contributed by atoms with E-state index in [4.69, 9.17) is 0 Å². The Bertz CT molecular complexity index is 926. The van der Waals surface area contributed by atoms with Crippen LogP contribution in [0.1, 0.15) is 11.6 Å². The molecule has 0 spiro atoms. The smallest absolute Gasteiger partial charge is 0.325 e. The van der Waals surface area contributed by atoms with E-state index >= 15 is 0 Å². The summed E-state index contributed by atoms with van der Waals surface area (Å²) in [5.41, 5.74) is 2.92. The second-order valence-corrected chi connectivity index (χ2v) is 6.82. The van der Waals surface area contributed by atoms with Gasteiger partial charge in [-0.05, 0) is 22.8 Å². The van der Waals surface area contributed by atoms with E-state index in [0.717, 1.165) is 35.6 Å². The van der Waals surface area contributed by atoms with Crippen molar-refractivity contribution in [1.82, 2.24) is 14.9 Å². The van der Waals surface area contributed by atoms with Crippen LogP contribution in [-0.4, -0.2) is 52.1 Å². The SMILES string of the molecule is O=C(O)C(c1cccc(-c2ccccc2)c1)N1CCN(c2cnccn2)CC1. The van der Waals surface area contributed by atoms with Crippen LogP contribution in [0.2, 0.25) is 0 Å². The van der Waals surface area contributed by atoms with Crippen LogP contribution in [0.15, 0.2) is 73.2 Å². The molecule has 0 saturated carbocycles. The van der Waals surface area contributed by atoms with Gasteiger partial charge in [-0.25, -0.2) is 4.98 Å². The van der Waals surface area contributed by atoms with Crippen molar-refractivity contribution in [2.75, 3.05) is 31.1 Å². The van der Waals surface area contributed by atoms with Crippen molar-refractivity contribution in [2.45, 2.75) is 6.04 Å². The van der Waals surface area contributed by atoms with Gasteiger partial charge < -0.3 is 10.0 Å².